The lowest BCUT2D eigenvalue weighted by Crippen LogP contribution is -2.45. The number of aliphatic carboxylic acids is 1. The van der Waals surface area contributed by atoms with E-state index in [1.807, 2.05) is 25.1 Å². The van der Waals surface area contributed by atoms with Gasteiger partial charge in [0.05, 0.1) is 18.8 Å². The number of fused-ring (bicyclic) bond motifs is 1. The molecule has 0 unspecified atom stereocenters. The quantitative estimate of drug-likeness (QED) is 0.327. The first-order chi connectivity index (χ1) is 16.7. The summed E-state index contributed by atoms with van der Waals surface area (Å²) in [4.78, 5) is 10.6. The van der Waals surface area contributed by atoms with Crippen molar-refractivity contribution in [2.24, 2.45) is 5.92 Å². The number of carbonyl (C=O) groups is 1. The third-order valence-electron chi connectivity index (χ3n) is 6.74. The van der Waals surface area contributed by atoms with E-state index < -0.39 is 12.1 Å². The fraction of sp³-hybridized carbons (Fsp3) is 0.552. The van der Waals surface area contributed by atoms with Crippen molar-refractivity contribution in [3.8, 4) is 0 Å². The highest BCUT2D eigenvalue weighted by molar-refractivity contribution is 5.67. The van der Waals surface area contributed by atoms with E-state index in [0.29, 0.717) is 19.1 Å². The van der Waals surface area contributed by atoms with Gasteiger partial charge in [0.25, 0.3) is 0 Å². The molecule has 3 N–H and O–H groups in total. The molecule has 3 rings (SSSR count). The molecule has 192 valence electrons. The van der Waals surface area contributed by atoms with Crippen molar-refractivity contribution in [2.75, 3.05) is 26.4 Å². The number of aryl methyl sites for hydroxylation is 1. The molecular weight excluding hydrogens is 442 g/mol. The first kappa shape index (κ1) is 27.3. The van der Waals surface area contributed by atoms with Gasteiger partial charge in [-0.25, -0.2) is 4.79 Å². The maximum atomic E-state index is 10.6. The Kier molecular flexibility index (Phi) is 10.3. The van der Waals surface area contributed by atoms with Crippen LogP contribution in [0.4, 0.5) is 0 Å². The third kappa shape index (κ3) is 9.04. The van der Waals surface area contributed by atoms with Gasteiger partial charge in [-0.3, -0.25) is 0 Å². The Labute approximate surface area is 209 Å². The van der Waals surface area contributed by atoms with Crippen molar-refractivity contribution < 1.29 is 24.5 Å². The minimum absolute atomic E-state index is 0.0609. The molecule has 1 aliphatic carbocycles. The molecule has 0 amide bonds. The Morgan fingerprint density at radius 1 is 1.11 bits per heavy atom. The second kappa shape index (κ2) is 13.2. The Morgan fingerprint density at radius 3 is 2.46 bits per heavy atom. The minimum Gasteiger partial charge on any atom is -0.480 e. The fourth-order valence-corrected chi connectivity index (χ4v) is 5.07. The second-order valence-electron chi connectivity index (χ2n) is 10.4. The number of aliphatic hydroxyl groups excluding tert-OH is 1. The SMILES string of the molecule is C[C@@H](OC[C@@H](O)CNC(C)(C)CC1Cc2ccccc2C1)c1ccccc1CCCOCC(=O)O. The van der Waals surface area contributed by atoms with Crippen LogP contribution in [0.3, 0.4) is 0 Å². The first-order valence-corrected chi connectivity index (χ1v) is 12.7. The van der Waals surface area contributed by atoms with Gasteiger partial charge in [0, 0.05) is 18.7 Å². The molecule has 0 heterocycles. The van der Waals surface area contributed by atoms with E-state index in [4.69, 9.17) is 14.6 Å². The van der Waals surface area contributed by atoms with Crippen LogP contribution in [0.5, 0.6) is 0 Å². The first-order valence-electron chi connectivity index (χ1n) is 12.7. The summed E-state index contributed by atoms with van der Waals surface area (Å²) in [5.41, 5.74) is 5.14. The highest BCUT2D eigenvalue weighted by atomic mass is 16.5. The van der Waals surface area contributed by atoms with Gasteiger partial charge in [0.15, 0.2) is 0 Å². The smallest absolute Gasteiger partial charge is 0.329 e. The van der Waals surface area contributed by atoms with Crippen LogP contribution in [-0.4, -0.2) is 54.2 Å². The molecule has 6 nitrogen and oxygen atoms in total. The lowest BCUT2D eigenvalue weighted by molar-refractivity contribution is -0.142. The zero-order chi connectivity index (χ0) is 25.3. The second-order valence-corrected chi connectivity index (χ2v) is 10.4. The summed E-state index contributed by atoms with van der Waals surface area (Å²) in [6.45, 7) is 7.31. The summed E-state index contributed by atoms with van der Waals surface area (Å²) < 4.78 is 11.2. The molecule has 0 aromatic heterocycles. The number of aliphatic hydroxyl groups is 1. The monoisotopic (exact) mass is 483 g/mol. The topological polar surface area (TPSA) is 88.0 Å². The van der Waals surface area contributed by atoms with Crippen LogP contribution >= 0.6 is 0 Å². The van der Waals surface area contributed by atoms with Crippen molar-refractivity contribution in [3.63, 3.8) is 0 Å². The van der Waals surface area contributed by atoms with E-state index in [1.54, 1.807) is 0 Å². The number of ether oxygens (including phenoxy) is 2. The van der Waals surface area contributed by atoms with E-state index in [1.165, 1.54) is 11.1 Å². The van der Waals surface area contributed by atoms with Gasteiger partial charge in [-0.15, -0.1) is 0 Å². The molecule has 2 aromatic rings. The average Bonchev–Trinajstić information content (AvgIpc) is 3.22. The maximum Gasteiger partial charge on any atom is 0.329 e. The largest absolute Gasteiger partial charge is 0.480 e. The molecule has 2 atom stereocenters. The summed E-state index contributed by atoms with van der Waals surface area (Å²) in [7, 11) is 0. The van der Waals surface area contributed by atoms with E-state index in [2.05, 4.69) is 49.5 Å². The highest BCUT2D eigenvalue weighted by Crippen LogP contribution is 2.32. The standard InChI is InChI=1S/C29H41NO5/c1-21(27-13-7-6-9-23(27)12-8-14-34-20-28(32)33)35-19-26(31)18-30-29(2,3)17-22-15-24-10-4-5-11-25(24)16-22/h4-7,9-11,13,21-22,26,30-31H,8,12,14-20H2,1-3H3,(H,32,33)/t21-,26+/m1/s1. The molecule has 0 aliphatic heterocycles. The van der Waals surface area contributed by atoms with Gasteiger partial charge in [0.2, 0.25) is 0 Å². The zero-order valence-electron chi connectivity index (χ0n) is 21.3. The van der Waals surface area contributed by atoms with Crippen LogP contribution < -0.4 is 5.32 Å². The predicted molar refractivity (Wildman–Crippen MR) is 138 cm³/mol. The van der Waals surface area contributed by atoms with Crippen LogP contribution in [0.1, 0.15) is 62.0 Å². The summed E-state index contributed by atoms with van der Waals surface area (Å²) in [6.07, 6.45) is 4.12. The molecule has 2 aromatic carbocycles. The maximum absolute atomic E-state index is 10.6. The van der Waals surface area contributed by atoms with Crippen LogP contribution in [0.15, 0.2) is 48.5 Å². The third-order valence-corrected chi connectivity index (χ3v) is 6.74. The van der Waals surface area contributed by atoms with Crippen molar-refractivity contribution in [2.45, 2.75) is 70.6 Å². The predicted octanol–water partition coefficient (Wildman–Crippen LogP) is 4.33. The highest BCUT2D eigenvalue weighted by Gasteiger charge is 2.28. The van der Waals surface area contributed by atoms with Gasteiger partial charge in [-0.1, -0.05) is 48.5 Å². The van der Waals surface area contributed by atoms with Crippen molar-refractivity contribution >= 4 is 5.97 Å². The zero-order valence-corrected chi connectivity index (χ0v) is 21.3. The molecule has 35 heavy (non-hydrogen) atoms. The number of hydrogen-bond donors (Lipinski definition) is 3. The van der Waals surface area contributed by atoms with E-state index >= 15 is 0 Å². The number of carboxylic acids is 1. The van der Waals surface area contributed by atoms with Gasteiger partial charge < -0.3 is 25.0 Å². The van der Waals surface area contributed by atoms with Crippen molar-refractivity contribution in [1.29, 1.82) is 0 Å². The number of carboxylic acid groups (broad SMARTS) is 1. The number of rotatable bonds is 15. The summed E-state index contributed by atoms with van der Waals surface area (Å²) >= 11 is 0. The minimum atomic E-state index is -0.951. The van der Waals surface area contributed by atoms with Crippen LogP contribution in [0.25, 0.3) is 0 Å². The normalized spacial score (nSPS) is 15.7. The van der Waals surface area contributed by atoms with E-state index in [9.17, 15) is 9.90 Å². The Hall–Kier alpha value is -2.25. The Bertz CT molecular complexity index is 919. The van der Waals surface area contributed by atoms with Crippen molar-refractivity contribution in [3.05, 3.63) is 70.8 Å². The lowest BCUT2D eigenvalue weighted by atomic mass is 9.88. The number of benzene rings is 2. The summed E-state index contributed by atoms with van der Waals surface area (Å²) in [6, 6.07) is 16.8. The fourth-order valence-electron chi connectivity index (χ4n) is 5.07. The molecule has 1 aliphatic rings. The van der Waals surface area contributed by atoms with Gasteiger partial charge in [0.1, 0.15) is 6.61 Å². The molecule has 0 saturated carbocycles. The van der Waals surface area contributed by atoms with Crippen LogP contribution in [0.2, 0.25) is 0 Å². The molecule has 0 spiro atoms. The number of nitrogens with one attached hydrogen (secondary N) is 1. The van der Waals surface area contributed by atoms with Gasteiger partial charge in [-0.2, -0.15) is 0 Å². The van der Waals surface area contributed by atoms with Crippen LogP contribution in [0, 0.1) is 5.92 Å². The number of β-amino-alcohol motifs (C(OH)–C–C–N with tert-alkyl or cyclic N) is 1. The summed E-state index contributed by atoms with van der Waals surface area (Å²) in [5, 5.41) is 22.8. The molecule has 0 bridgehead atoms. The van der Waals surface area contributed by atoms with Gasteiger partial charge in [-0.05, 0) is 81.0 Å². The van der Waals surface area contributed by atoms with E-state index in [-0.39, 0.29) is 24.9 Å². The average molecular weight is 484 g/mol. The molecule has 0 saturated heterocycles. The molecule has 0 fully saturated rings. The molecular formula is C29H41NO5. The van der Waals surface area contributed by atoms with E-state index in [0.717, 1.165) is 43.2 Å². The molecule has 6 heteroatoms. The number of hydrogen-bond acceptors (Lipinski definition) is 5. The lowest BCUT2D eigenvalue weighted by Gasteiger charge is -2.31. The summed E-state index contributed by atoms with van der Waals surface area (Å²) in [5.74, 6) is -0.317. The van der Waals surface area contributed by atoms with Crippen molar-refractivity contribution in [1.82, 2.24) is 5.32 Å². The van der Waals surface area contributed by atoms with Gasteiger partial charge >= 0.3 is 5.97 Å². The Morgan fingerprint density at radius 2 is 1.77 bits per heavy atom. The molecule has 0 radical (unpaired) electrons. The Balaban J connectivity index is 1.39. The van der Waals surface area contributed by atoms with Crippen LogP contribution in [-0.2, 0) is 33.5 Å².